The van der Waals surface area contributed by atoms with Crippen LogP contribution in [-0.4, -0.2) is 16.2 Å². The van der Waals surface area contributed by atoms with Crippen LogP contribution in [0.2, 0.25) is 0 Å². The Labute approximate surface area is 102 Å². The summed E-state index contributed by atoms with van der Waals surface area (Å²) in [5.41, 5.74) is 0.0411. The van der Waals surface area contributed by atoms with Crippen molar-refractivity contribution in [1.82, 2.24) is 0 Å². The highest BCUT2D eigenvalue weighted by Gasteiger charge is 2.47. The molecule has 2 atom stereocenters. The van der Waals surface area contributed by atoms with Crippen LogP contribution in [0.4, 0.5) is 0 Å². The molecule has 0 aromatic heterocycles. The maximum absolute atomic E-state index is 12.0. The molecule has 0 saturated carbocycles. The monoisotopic (exact) mass is 240 g/mol. The maximum atomic E-state index is 12.0. The van der Waals surface area contributed by atoms with Crippen molar-refractivity contribution in [3.63, 3.8) is 0 Å². The first kappa shape index (κ1) is 13.5. The van der Waals surface area contributed by atoms with E-state index in [-0.39, 0.29) is 16.0 Å². The average molecular weight is 240 g/mol. The van der Waals surface area contributed by atoms with Crippen LogP contribution in [0.3, 0.4) is 0 Å². The number of rotatable bonds is 2. The van der Waals surface area contributed by atoms with Crippen molar-refractivity contribution >= 4 is 16.9 Å². The summed E-state index contributed by atoms with van der Waals surface area (Å²) < 4.78 is 5.89. The van der Waals surface area contributed by atoms with Crippen molar-refractivity contribution in [3.05, 3.63) is 24.3 Å². The summed E-state index contributed by atoms with van der Waals surface area (Å²) >= 11 is 1.29. The van der Waals surface area contributed by atoms with E-state index in [2.05, 4.69) is 27.4 Å². The van der Waals surface area contributed by atoms with E-state index >= 15 is 0 Å². The van der Waals surface area contributed by atoms with Crippen LogP contribution in [-0.2, 0) is 9.53 Å². The molecule has 90 valence electrons. The average Bonchev–Trinajstić information content (AvgIpc) is 2.42. The van der Waals surface area contributed by atoms with Gasteiger partial charge in [0.05, 0.1) is 0 Å². The van der Waals surface area contributed by atoms with Crippen molar-refractivity contribution in [3.8, 4) is 0 Å². The van der Waals surface area contributed by atoms with Crippen molar-refractivity contribution < 1.29 is 9.53 Å². The standard InChI is InChI=1S/C13H20O2S/c1-7-9(2)8-13(6)10(14)16-11(15-13)12(3,4)5/h7-8,11H,1H2,2-6H3/t11-,13+/m0/s1. The Morgan fingerprint density at radius 1 is 1.56 bits per heavy atom. The molecule has 1 aliphatic heterocycles. The third-order valence-electron chi connectivity index (χ3n) is 2.50. The second-order valence-electron chi connectivity index (χ2n) is 5.42. The van der Waals surface area contributed by atoms with Crippen molar-refractivity contribution in [2.24, 2.45) is 5.41 Å². The van der Waals surface area contributed by atoms with E-state index in [9.17, 15) is 4.79 Å². The minimum atomic E-state index is -0.805. The first-order chi connectivity index (χ1) is 7.19. The van der Waals surface area contributed by atoms with Crippen LogP contribution in [0.5, 0.6) is 0 Å². The number of carbonyl (C=O) groups is 1. The smallest absolute Gasteiger partial charge is 0.227 e. The Morgan fingerprint density at radius 3 is 2.50 bits per heavy atom. The zero-order valence-corrected chi connectivity index (χ0v) is 11.5. The van der Waals surface area contributed by atoms with Crippen molar-refractivity contribution in [2.75, 3.05) is 0 Å². The van der Waals surface area contributed by atoms with Gasteiger partial charge in [-0.3, -0.25) is 4.79 Å². The highest BCUT2D eigenvalue weighted by Crippen LogP contribution is 2.44. The Bertz CT molecular complexity index is 338. The molecule has 1 heterocycles. The molecule has 0 radical (unpaired) electrons. The van der Waals surface area contributed by atoms with Gasteiger partial charge in [-0.1, -0.05) is 50.8 Å². The zero-order valence-electron chi connectivity index (χ0n) is 10.7. The molecule has 0 amide bonds. The molecule has 0 aliphatic carbocycles. The molecule has 3 heteroatoms. The number of hydrogen-bond acceptors (Lipinski definition) is 3. The Hall–Kier alpha value is -0.540. The molecule has 1 rings (SSSR count). The van der Waals surface area contributed by atoms with Gasteiger partial charge in [0.25, 0.3) is 0 Å². The number of carbonyl (C=O) groups excluding carboxylic acids is 1. The van der Waals surface area contributed by atoms with E-state index < -0.39 is 5.60 Å². The van der Waals surface area contributed by atoms with E-state index in [1.807, 2.05) is 19.9 Å². The van der Waals surface area contributed by atoms with Gasteiger partial charge in [-0.25, -0.2) is 0 Å². The van der Waals surface area contributed by atoms with E-state index in [1.165, 1.54) is 11.8 Å². The largest absolute Gasteiger partial charge is 0.348 e. The van der Waals surface area contributed by atoms with Crippen molar-refractivity contribution in [1.29, 1.82) is 0 Å². The molecule has 0 spiro atoms. The van der Waals surface area contributed by atoms with E-state index in [1.54, 1.807) is 6.08 Å². The lowest BCUT2D eigenvalue weighted by Crippen LogP contribution is -2.32. The summed E-state index contributed by atoms with van der Waals surface area (Å²) in [5, 5.41) is 0.0774. The van der Waals surface area contributed by atoms with Gasteiger partial charge >= 0.3 is 0 Å². The molecule has 1 aliphatic rings. The quantitative estimate of drug-likeness (QED) is 0.691. The molecule has 16 heavy (non-hydrogen) atoms. The highest BCUT2D eigenvalue weighted by molar-refractivity contribution is 8.14. The van der Waals surface area contributed by atoms with Crippen LogP contribution < -0.4 is 0 Å². The minimum Gasteiger partial charge on any atom is -0.348 e. The highest BCUT2D eigenvalue weighted by atomic mass is 32.2. The zero-order chi connectivity index (χ0) is 12.6. The molecular weight excluding hydrogens is 220 g/mol. The fourth-order valence-corrected chi connectivity index (χ4v) is 2.59. The molecule has 1 saturated heterocycles. The lowest BCUT2D eigenvalue weighted by atomic mass is 9.97. The summed E-state index contributed by atoms with van der Waals surface area (Å²) in [6.45, 7) is 13.7. The predicted octanol–water partition coefficient (Wildman–Crippen LogP) is 3.54. The predicted molar refractivity (Wildman–Crippen MR) is 69.3 cm³/mol. The topological polar surface area (TPSA) is 26.3 Å². The summed E-state index contributed by atoms with van der Waals surface area (Å²) in [7, 11) is 0. The van der Waals surface area contributed by atoms with Gasteiger partial charge < -0.3 is 4.74 Å². The molecule has 1 fully saturated rings. The molecule has 0 bridgehead atoms. The normalized spacial score (nSPS) is 31.9. The molecule has 2 nitrogen and oxygen atoms in total. The first-order valence-corrected chi connectivity index (χ1v) is 6.28. The number of thioether (sulfide) groups is 1. The van der Waals surface area contributed by atoms with Gasteiger partial charge in [0.15, 0.2) is 5.60 Å². The Morgan fingerprint density at radius 2 is 2.12 bits per heavy atom. The lowest BCUT2D eigenvalue weighted by molar-refractivity contribution is -0.127. The molecule has 0 unspecified atom stereocenters. The van der Waals surface area contributed by atoms with Crippen LogP contribution in [0.15, 0.2) is 24.3 Å². The van der Waals surface area contributed by atoms with Gasteiger partial charge in [-0.05, 0) is 25.3 Å². The number of allylic oxidation sites excluding steroid dienone is 2. The van der Waals surface area contributed by atoms with E-state index in [0.717, 1.165) is 5.57 Å². The van der Waals surface area contributed by atoms with Crippen LogP contribution in [0, 0.1) is 5.41 Å². The molecular formula is C13H20O2S. The second-order valence-corrected chi connectivity index (χ2v) is 6.46. The van der Waals surface area contributed by atoms with Gasteiger partial charge in [0.1, 0.15) is 5.44 Å². The Balaban J connectivity index is 2.94. The van der Waals surface area contributed by atoms with E-state index in [0.29, 0.717) is 0 Å². The molecule has 0 aromatic carbocycles. The summed E-state index contributed by atoms with van der Waals surface area (Å²) in [4.78, 5) is 12.0. The third-order valence-corrected chi connectivity index (χ3v) is 4.14. The Kier molecular flexibility index (Phi) is 3.70. The van der Waals surface area contributed by atoms with Crippen LogP contribution >= 0.6 is 11.8 Å². The minimum absolute atomic E-state index is 0.0337. The summed E-state index contributed by atoms with van der Waals surface area (Å²) in [5.74, 6) is 0. The third kappa shape index (κ3) is 2.77. The fourth-order valence-electron chi connectivity index (χ4n) is 1.45. The van der Waals surface area contributed by atoms with Gasteiger partial charge in [0, 0.05) is 0 Å². The van der Waals surface area contributed by atoms with Crippen LogP contribution in [0.25, 0.3) is 0 Å². The second kappa shape index (κ2) is 4.38. The number of ether oxygens (including phenoxy) is 1. The van der Waals surface area contributed by atoms with Gasteiger partial charge in [0.2, 0.25) is 5.12 Å². The molecule has 0 N–H and O–H groups in total. The summed E-state index contributed by atoms with van der Waals surface area (Å²) in [6.07, 6.45) is 3.58. The fraction of sp³-hybridized carbons (Fsp3) is 0.615. The van der Waals surface area contributed by atoms with Gasteiger partial charge in [-0.15, -0.1) is 0 Å². The lowest BCUT2D eigenvalue weighted by Gasteiger charge is -2.27. The maximum Gasteiger partial charge on any atom is 0.227 e. The van der Waals surface area contributed by atoms with Crippen LogP contribution in [0.1, 0.15) is 34.6 Å². The first-order valence-electron chi connectivity index (χ1n) is 5.40. The summed E-state index contributed by atoms with van der Waals surface area (Å²) in [6, 6.07) is 0. The van der Waals surface area contributed by atoms with Gasteiger partial charge in [-0.2, -0.15) is 0 Å². The van der Waals surface area contributed by atoms with Crippen molar-refractivity contribution in [2.45, 2.75) is 45.7 Å². The number of hydrogen-bond donors (Lipinski definition) is 0. The van der Waals surface area contributed by atoms with E-state index in [4.69, 9.17) is 4.74 Å². The molecule has 0 aromatic rings. The SMILES string of the molecule is C=CC(C)=C[C@@]1(C)O[C@H](C(C)(C)C)SC1=O.